The highest BCUT2D eigenvalue weighted by atomic mass is 32.2. The summed E-state index contributed by atoms with van der Waals surface area (Å²) in [5, 5.41) is 34.8. The van der Waals surface area contributed by atoms with Crippen molar-refractivity contribution in [2.24, 2.45) is 56.2 Å². The molecule has 11 atom stereocenters. The number of carbonyl (C=O) groups is 9. The molecule has 0 aliphatic heterocycles. The number of thioether (sulfide) groups is 1. The first-order valence-corrected chi connectivity index (χ1v) is 34.7. The van der Waals surface area contributed by atoms with E-state index in [0.29, 0.717) is 60.1 Å². The second-order valence-corrected chi connectivity index (χ2v) is 25.7. The minimum atomic E-state index is -1.49. The SMILES string of the molecule is CC[C@H](C)[C@H](N)C(=O)N[C@@H](CCCCN)C(=O)N[C@@H](Cc1c[nH]c2ccccc12)C(=O)N[C@@H](Cc1c[nH]c2ccccc12)C(=O)N[C@@H](Cc1c[nH]c2ccccc12)C(=O)N[C@@H](CCCN=C(N)N)C(=O)N[C@@H](CCSC)C(=O)N[C@@H](CCCN=C(N)N)C(=O)N[C@H](C(=O)O)[C@@H](C)CC. The number of aromatic amines is 3. The number of nitrogens with two attached hydrogens (primary N) is 6. The summed E-state index contributed by atoms with van der Waals surface area (Å²) in [6.07, 6.45) is 8.92. The van der Waals surface area contributed by atoms with Crippen LogP contribution in [0.3, 0.4) is 0 Å². The molecule has 3 aromatic heterocycles. The number of nitrogens with one attached hydrogen (secondary N) is 11. The van der Waals surface area contributed by atoms with Crippen molar-refractivity contribution in [3.8, 4) is 0 Å². The number of nitrogens with zero attached hydrogens (tertiary/aromatic N) is 2. The maximum absolute atomic E-state index is 15.6. The minimum Gasteiger partial charge on any atom is -0.480 e. The number of aromatic nitrogens is 3. The fourth-order valence-corrected chi connectivity index (χ4v) is 11.8. The van der Waals surface area contributed by atoms with E-state index in [9.17, 15) is 33.9 Å². The van der Waals surface area contributed by atoms with Gasteiger partial charge in [-0.05, 0) is 117 Å². The predicted octanol–water partition coefficient (Wildman–Crippen LogP) is 1.53. The number of para-hydroxylation sites is 3. The Balaban J connectivity index is 1.37. The molecule has 532 valence electrons. The van der Waals surface area contributed by atoms with Gasteiger partial charge >= 0.3 is 5.97 Å². The monoisotopic (exact) mass is 1370 g/mol. The molecule has 0 unspecified atom stereocenters. The zero-order valence-electron chi connectivity index (χ0n) is 56.4. The summed E-state index contributed by atoms with van der Waals surface area (Å²) < 4.78 is 0. The summed E-state index contributed by atoms with van der Waals surface area (Å²) in [7, 11) is 0. The van der Waals surface area contributed by atoms with Crippen molar-refractivity contribution in [2.75, 3.05) is 31.6 Å². The number of H-pyrrole nitrogens is 3. The molecule has 0 fully saturated rings. The van der Waals surface area contributed by atoms with Crippen molar-refractivity contribution in [2.45, 2.75) is 166 Å². The molecule has 3 aromatic carbocycles. The van der Waals surface area contributed by atoms with Gasteiger partial charge in [0.05, 0.1) is 6.04 Å². The quantitative estimate of drug-likeness (QED) is 0.0147. The smallest absolute Gasteiger partial charge is 0.326 e. The van der Waals surface area contributed by atoms with E-state index in [4.69, 9.17) is 34.4 Å². The van der Waals surface area contributed by atoms with Gasteiger partial charge in [0, 0.05) is 83.7 Å². The van der Waals surface area contributed by atoms with Crippen LogP contribution in [0.5, 0.6) is 0 Å². The van der Waals surface area contributed by atoms with Crippen LogP contribution in [0.2, 0.25) is 0 Å². The van der Waals surface area contributed by atoms with E-state index in [1.165, 1.54) is 11.8 Å². The number of unbranched alkanes of at least 4 members (excludes halogenated alkanes) is 1. The Morgan fingerprint density at radius 2 is 0.786 bits per heavy atom. The first-order chi connectivity index (χ1) is 47.0. The number of hydrogen-bond donors (Lipinski definition) is 18. The van der Waals surface area contributed by atoms with E-state index in [1.807, 2.05) is 86.6 Å². The normalized spacial score (nSPS) is 14.7. The number of hydrogen-bond acceptors (Lipinski definition) is 14. The number of benzene rings is 3. The number of fused-ring (bicyclic) bond motifs is 3. The third-order valence-electron chi connectivity index (χ3n) is 17.5. The zero-order valence-corrected chi connectivity index (χ0v) is 57.2. The Hall–Kier alpha value is -9.68. The van der Waals surface area contributed by atoms with Gasteiger partial charge in [-0.25, -0.2) is 4.79 Å². The van der Waals surface area contributed by atoms with Crippen LogP contribution < -0.4 is 76.9 Å². The average Bonchev–Trinajstić information content (AvgIpc) is 1.71. The van der Waals surface area contributed by atoms with E-state index in [0.717, 1.165) is 27.3 Å². The van der Waals surface area contributed by atoms with Gasteiger partial charge in [0.2, 0.25) is 47.3 Å². The molecule has 30 heteroatoms. The number of rotatable bonds is 42. The summed E-state index contributed by atoms with van der Waals surface area (Å²) in [6.45, 7) is 7.60. The molecular formula is C68H99N19O10S. The highest BCUT2D eigenvalue weighted by Gasteiger charge is 2.37. The molecule has 0 aliphatic carbocycles. The lowest BCUT2D eigenvalue weighted by molar-refractivity contribution is -0.144. The molecule has 0 spiro atoms. The van der Waals surface area contributed by atoms with Crippen LogP contribution in [-0.4, -0.2) is 171 Å². The molecule has 8 amide bonds. The maximum atomic E-state index is 15.6. The molecule has 6 rings (SSSR count). The second-order valence-electron chi connectivity index (χ2n) is 24.7. The van der Waals surface area contributed by atoms with Gasteiger partial charge in [0.15, 0.2) is 11.9 Å². The molecule has 0 saturated carbocycles. The number of amides is 8. The van der Waals surface area contributed by atoms with Gasteiger partial charge in [-0.1, -0.05) is 95.1 Å². The average molecular weight is 1370 g/mol. The fraction of sp³-hybridized carbons (Fsp3) is 0.485. The van der Waals surface area contributed by atoms with E-state index in [-0.39, 0.29) is 88.7 Å². The van der Waals surface area contributed by atoms with Crippen molar-refractivity contribution >= 4 is 110 Å². The first kappa shape index (κ1) is 77.3. The molecule has 24 N–H and O–H groups in total. The molecule has 29 nitrogen and oxygen atoms in total. The molecule has 0 aliphatic rings. The maximum Gasteiger partial charge on any atom is 0.326 e. The van der Waals surface area contributed by atoms with E-state index in [2.05, 4.69) is 67.5 Å². The number of carboxylic acids is 1. The number of carboxylic acid groups (broad SMARTS) is 1. The minimum absolute atomic E-state index is 0.0193. The number of carbonyl (C=O) groups excluding carboxylic acids is 8. The van der Waals surface area contributed by atoms with Gasteiger partial charge in [-0.3, -0.25) is 48.3 Å². The Bertz CT molecular complexity index is 3710. The van der Waals surface area contributed by atoms with Gasteiger partial charge in [-0.2, -0.15) is 11.8 Å². The van der Waals surface area contributed by atoms with Crippen LogP contribution in [0.25, 0.3) is 32.7 Å². The van der Waals surface area contributed by atoms with Crippen LogP contribution in [0.1, 0.15) is 109 Å². The van der Waals surface area contributed by atoms with Crippen molar-refractivity contribution in [3.05, 3.63) is 108 Å². The predicted molar refractivity (Wildman–Crippen MR) is 382 cm³/mol. The lowest BCUT2D eigenvalue weighted by atomic mass is 9.98. The van der Waals surface area contributed by atoms with Crippen molar-refractivity contribution < 1.29 is 48.3 Å². The van der Waals surface area contributed by atoms with E-state index >= 15 is 14.4 Å². The Kier molecular flexibility index (Phi) is 30.7. The summed E-state index contributed by atoms with van der Waals surface area (Å²) in [5.41, 5.74) is 38.8. The van der Waals surface area contributed by atoms with Crippen LogP contribution in [0.15, 0.2) is 101 Å². The van der Waals surface area contributed by atoms with E-state index in [1.54, 1.807) is 38.7 Å². The van der Waals surface area contributed by atoms with Crippen LogP contribution in [-0.2, 0) is 62.4 Å². The molecule has 3 heterocycles. The highest BCUT2D eigenvalue weighted by molar-refractivity contribution is 7.98. The summed E-state index contributed by atoms with van der Waals surface area (Å²) >= 11 is 1.37. The molecular weight excluding hydrogens is 1270 g/mol. The first-order valence-electron chi connectivity index (χ1n) is 33.3. The summed E-state index contributed by atoms with van der Waals surface area (Å²) in [4.78, 5) is 148. The van der Waals surface area contributed by atoms with Crippen LogP contribution in [0.4, 0.5) is 0 Å². The zero-order chi connectivity index (χ0) is 71.4. The van der Waals surface area contributed by atoms with Crippen LogP contribution >= 0.6 is 11.8 Å². The Morgan fingerprint density at radius 1 is 0.459 bits per heavy atom. The number of guanidine groups is 2. The molecule has 0 radical (unpaired) electrons. The largest absolute Gasteiger partial charge is 0.480 e. The van der Waals surface area contributed by atoms with Crippen LogP contribution in [0, 0.1) is 11.8 Å². The van der Waals surface area contributed by atoms with Gasteiger partial charge in [0.25, 0.3) is 0 Å². The lowest BCUT2D eigenvalue weighted by Gasteiger charge is -2.28. The highest BCUT2D eigenvalue weighted by Crippen LogP contribution is 2.24. The van der Waals surface area contributed by atoms with Crippen molar-refractivity contribution in [3.63, 3.8) is 0 Å². The second kappa shape index (κ2) is 38.9. The Morgan fingerprint density at radius 3 is 1.13 bits per heavy atom. The summed E-state index contributed by atoms with van der Waals surface area (Å²) in [6, 6.07) is 10.3. The van der Waals surface area contributed by atoms with E-state index < -0.39 is 114 Å². The topological polar surface area (TPSA) is 498 Å². The summed E-state index contributed by atoms with van der Waals surface area (Å²) in [5.74, 6) is -8.14. The van der Waals surface area contributed by atoms with Gasteiger partial charge < -0.3 is 97.0 Å². The molecule has 0 bridgehead atoms. The standard InChI is InChI=1S/C68H99N19O10S/c1-6-38(3)56(70)65(95)83-49(24-14-15-28-69)59(89)84-54(33-41-36-78-47-22-12-9-19-44(41)47)63(93)86-55(34-42-37-79-48-23-13-10-20-45(42)48)64(94)85-53(32-40-35-77-46-21-11-8-18-43(40)46)62(92)81-50(25-16-29-75-67(71)72)58(88)82-52(27-31-98-5)60(90)80-51(26-17-30-76-68(73)74)61(91)87-57(66(96)97)39(4)7-2/h8-13,18-23,35-39,49-57,77-79H,6-7,14-17,24-34,69-70H2,1-5H3,(H,80,90)(H,81,92)(H,82,88)(H,83,95)(H,84,89)(H,85,94)(H,86,93)(H,87,91)(H,96,97)(H4,71,72,75)(H4,73,74,76)/t38-,39-,49-,50-,51-,52-,53-,54-,55-,56-,57-/m0/s1. The fourth-order valence-electron chi connectivity index (χ4n) is 11.4. The molecule has 0 saturated heterocycles. The Labute approximate surface area is 574 Å². The number of aliphatic imine (C=N–C) groups is 2. The third kappa shape index (κ3) is 23.0. The number of aliphatic carboxylic acids is 1. The van der Waals surface area contributed by atoms with Gasteiger partial charge in [0.1, 0.15) is 48.3 Å². The van der Waals surface area contributed by atoms with Gasteiger partial charge in [-0.15, -0.1) is 0 Å². The molecule has 6 aromatic rings. The van der Waals surface area contributed by atoms with Crippen molar-refractivity contribution in [1.82, 2.24) is 57.5 Å². The lowest BCUT2D eigenvalue weighted by Crippen LogP contribution is -2.61. The van der Waals surface area contributed by atoms with Crippen molar-refractivity contribution in [1.29, 1.82) is 0 Å². The third-order valence-corrected chi connectivity index (χ3v) is 18.2. The molecule has 98 heavy (non-hydrogen) atoms.